The molecule has 0 aromatic heterocycles. The Morgan fingerprint density at radius 1 is 0.395 bits per heavy atom. The maximum absolute atomic E-state index is 14.2. The number of hydrogen-bond acceptors (Lipinski definition) is 23. The van der Waals surface area contributed by atoms with Crippen LogP contribution in [-0.2, 0) is 71.7 Å². The molecule has 36 heteroatoms. The summed E-state index contributed by atoms with van der Waals surface area (Å²) in [5.41, 5.74) is 8.19. The number of methoxy groups -OCH3 is 2. The molecule has 4 aromatic rings. The Morgan fingerprint density at radius 2 is 0.798 bits per heavy atom. The molecule has 2 aliphatic heterocycles. The van der Waals surface area contributed by atoms with Crippen LogP contribution in [0.2, 0.25) is 0 Å². The summed E-state index contributed by atoms with van der Waals surface area (Å²) in [5.74, 6) is -10.2. The number of unbranched alkanes of at least 4 members (excludes halogenated alkanes) is 14. The molecular weight excluding hydrogens is 1670 g/mol. The van der Waals surface area contributed by atoms with Crippen molar-refractivity contribution in [1.82, 2.24) is 57.7 Å². The minimum absolute atomic E-state index is 0.00402. The number of hydrogen-bond donors (Lipinski definition) is 12. The van der Waals surface area contributed by atoms with Crippen LogP contribution in [0.4, 0.5) is 16.2 Å². The highest BCUT2D eigenvalue weighted by atomic mass is 16.6. The van der Waals surface area contributed by atoms with Crippen LogP contribution in [-0.4, -0.2) is 244 Å². The van der Waals surface area contributed by atoms with Gasteiger partial charge in [-0.25, -0.2) is 14.4 Å². The average molecular weight is 1800 g/mol. The fraction of sp³-hybridized carbons (Fsp3) is 0.602. The highest BCUT2D eigenvalue weighted by Gasteiger charge is 2.39. The number of carbonyl (C=O) groups is 17. The molecule has 0 fully saturated rings. The van der Waals surface area contributed by atoms with E-state index < -0.39 is 131 Å². The number of aliphatic carboxylic acids is 2. The number of alkyl carbamates (subject to hydrolysis) is 1. The molecule has 0 saturated carbocycles. The maximum Gasteiger partial charge on any atom is 0.408 e. The molecule has 13 amide bonds. The van der Waals surface area contributed by atoms with E-state index in [0.717, 1.165) is 84.0 Å². The Labute approximate surface area is 755 Å². The zero-order chi connectivity index (χ0) is 95.3. The van der Waals surface area contributed by atoms with E-state index in [2.05, 4.69) is 66.4 Å². The summed E-state index contributed by atoms with van der Waals surface area (Å²) >= 11 is 0. The number of ether oxygens (including phenoxy) is 3. The van der Waals surface area contributed by atoms with Gasteiger partial charge in [-0.05, 0) is 147 Å². The molecule has 0 aliphatic carbocycles. The van der Waals surface area contributed by atoms with Crippen molar-refractivity contribution < 1.29 is 106 Å². The second kappa shape index (κ2) is 56.5. The topological polar surface area (TPSA) is 506 Å². The quantitative estimate of drug-likeness (QED) is 0.00850. The smallest absolute Gasteiger partial charge is 0.408 e. The van der Waals surface area contributed by atoms with E-state index in [-0.39, 0.29) is 115 Å². The third kappa shape index (κ3) is 36.7. The average Bonchev–Trinajstić information content (AvgIpc) is 0.743. The van der Waals surface area contributed by atoms with Crippen LogP contribution >= 0.6 is 0 Å². The predicted molar refractivity (Wildman–Crippen MR) is 487 cm³/mol. The monoisotopic (exact) mass is 1800 g/mol. The summed E-state index contributed by atoms with van der Waals surface area (Å²) in [7, 11) is 9.80. The number of carbonyl (C=O) groups excluding carboxylic acids is 15. The first kappa shape index (κ1) is 108. The van der Waals surface area contributed by atoms with Crippen molar-refractivity contribution in [3.05, 3.63) is 82.9 Å². The molecular formula is C93H138N14O22. The summed E-state index contributed by atoms with van der Waals surface area (Å²) in [5, 5.41) is 44.9. The van der Waals surface area contributed by atoms with Crippen molar-refractivity contribution in [2.45, 2.75) is 282 Å². The summed E-state index contributed by atoms with van der Waals surface area (Å²) in [6.45, 7) is 9.16. The summed E-state index contributed by atoms with van der Waals surface area (Å²) in [6.07, 6.45) is 16.6. The highest BCUT2D eigenvalue weighted by Crippen LogP contribution is 2.38. The van der Waals surface area contributed by atoms with Gasteiger partial charge < -0.3 is 87.8 Å². The van der Waals surface area contributed by atoms with Crippen molar-refractivity contribution in [2.24, 2.45) is 5.73 Å². The first-order chi connectivity index (χ1) is 61.5. The van der Waals surface area contributed by atoms with Crippen LogP contribution in [0, 0.1) is 0 Å². The van der Waals surface area contributed by atoms with Crippen LogP contribution in [0.25, 0.3) is 21.5 Å². The van der Waals surface area contributed by atoms with Gasteiger partial charge in [0, 0.05) is 161 Å². The van der Waals surface area contributed by atoms with Gasteiger partial charge in [-0.1, -0.05) is 115 Å². The van der Waals surface area contributed by atoms with Gasteiger partial charge >= 0.3 is 30.0 Å². The lowest BCUT2D eigenvalue weighted by Crippen LogP contribution is -2.55. The van der Waals surface area contributed by atoms with Gasteiger partial charge in [-0.2, -0.15) is 0 Å². The number of carboxylic acid groups (broad SMARTS) is 2. The molecule has 6 atom stereocenters. The number of imide groups is 2. The molecule has 712 valence electrons. The SMILES string of the molecule is CCCCCCCCCC(=O)NCCCC[C@H](N)C(=O)N[C@H](CCN1C(=O)c2cccc3c(N(C)C)ccc(c23)C1=O)C(=O)NCC[C@@H](NC(=O)CCCC(=O)O)C(=O)O.CCCCCCCCCC(=O)NCCCC[C@H](NC(=O)OC(C)(C)C)C(=O)N[C@H](CCN1C(=O)c2cccc3c(N(C)C)ccc(c23)C1=O)C(=O)NCC[C@@H](NC(=O)CCCC(=O)OC)C(=O)OC. The van der Waals surface area contributed by atoms with Crippen molar-refractivity contribution >= 4 is 134 Å². The lowest BCUT2D eigenvalue weighted by atomic mass is 9.92. The highest BCUT2D eigenvalue weighted by molar-refractivity contribution is 6.28. The van der Waals surface area contributed by atoms with Gasteiger partial charge in [0.25, 0.3) is 23.6 Å². The van der Waals surface area contributed by atoms with E-state index in [1.54, 1.807) is 69.3 Å². The van der Waals surface area contributed by atoms with Crippen LogP contribution in [0.3, 0.4) is 0 Å². The normalized spacial score (nSPS) is 13.5. The molecule has 13 N–H and O–H groups in total. The lowest BCUT2D eigenvalue weighted by Gasteiger charge is -2.30. The van der Waals surface area contributed by atoms with E-state index in [0.29, 0.717) is 84.6 Å². The van der Waals surface area contributed by atoms with Gasteiger partial charge in [0.05, 0.1) is 20.3 Å². The van der Waals surface area contributed by atoms with E-state index in [1.165, 1.54) is 52.1 Å². The van der Waals surface area contributed by atoms with Crippen molar-refractivity contribution in [1.29, 1.82) is 0 Å². The zero-order valence-electron chi connectivity index (χ0n) is 77.0. The Bertz CT molecular complexity index is 4450. The zero-order valence-corrected chi connectivity index (χ0v) is 77.0. The van der Waals surface area contributed by atoms with Gasteiger partial charge in [0.1, 0.15) is 35.8 Å². The molecule has 4 aromatic carbocycles. The summed E-state index contributed by atoms with van der Waals surface area (Å²) in [6, 6.07) is 9.79. The molecule has 129 heavy (non-hydrogen) atoms. The second-order valence-electron chi connectivity index (χ2n) is 33.9. The molecule has 0 spiro atoms. The summed E-state index contributed by atoms with van der Waals surface area (Å²) in [4.78, 5) is 226. The van der Waals surface area contributed by atoms with Gasteiger partial charge in [0.15, 0.2) is 0 Å². The Balaban J connectivity index is 0.000000461. The van der Waals surface area contributed by atoms with Gasteiger partial charge in [-0.3, -0.25) is 76.9 Å². The Kier molecular flexibility index (Phi) is 47.1. The molecule has 0 saturated heterocycles. The van der Waals surface area contributed by atoms with Crippen LogP contribution in [0.5, 0.6) is 0 Å². The molecule has 0 unspecified atom stereocenters. The number of rotatable bonds is 59. The number of anilines is 2. The molecule has 0 radical (unpaired) electrons. The third-order valence-electron chi connectivity index (χ3n) is 22.0. The fourth-order valence-electron chi connectivity index (χ4n) is 15.0. The van der Waals surface area contributed by atoms with Crippen molar-refractivity contribution in [2.75, 3.05) is 91.5 Å². The predicted octanol–water partition coefficient (Wildman–Crippen LogP) is 8.67. The number of benzene rings is 4. The molecule has 0 bridgehead atoms. The molecule has 2 aliphatic rings. The maximum atomic E-state index is 14.2. The molecule has 6 rings (SSSR count). The number of esters is 2. The second-order valence-corrected chi connectivity index (χ2v) is 33.9. The van der Waals surface area contributed by atoms with Crippen LogP contribution in [0.1, 0.15) is 282 Å². The van der Waals surface area contributed by atoms with Gasteiger partial charge in [-0.15, -0.1) is 0 Å². The molecule has 2 heterocycles. The largest absolute Gasteiger partial charge is 0.481 e. The van der Waals surface area contributed by atoms with Crippen molar-refractivity contribution in [3.63, 3.8) is 0 Å². The number of amides is 13. The van der Waals surface area contributed by atoms with Crippen LogP contribution in [0.15, 0.2) is 60.7 Å². The van der Waals surface area contributed by atoms with Gasteiger partial charge in [0.2, 0.25) is 47.3 Å². The lowest BCUT2D eigenvalue weighted by molar-refractivity contribution is -0.145. The third-order valence-corrected chi connectivity index (χ3v) is 22.0. The Hall–Kier alpha value is -11.9. The number of carboxylic acids is 2. The summed E-state index contributed by atoms with van der Waals surface area (Å²) < 4.78 is 14.9. The number of nitrogens with two attached hydrogens (primary N) is 1. The van der Waals surface area contributed by atoms with E-state index >= 15 is 0 Å². The first-order valence-corrected chi connectivity index (χ1v) is 45.3. The Morgan fingerprint density at radius 3 is 1.22 bits per heavy atom. The number of nitrogens with zero attached hydrogens (tertiary/aromatic N) is 4. The minimum atomic E-state index is -1.39. The fourth-order valence-corrected chi connectivity index (χ4v) is 15.0. The molecule has 36 nitrogen and oxygen atoms in total. The van der Waals surface area contributed by atoms with Crippen LogP contribution < -0.4 is 63.4 Å². The minimum Gasteiger partial charge on any atom is -0.481 e. The first-order valence-electron chi connectivity index (χ1n) is 45.3. The standard InChI is InChI=1S/C50H75N7O12.C43H63N7O10/c1-9-10-11-12-13-14-15-23-40(58)51-30-17-16-22-36(55-49(66)69-50(2,3)4)45(62)54-37(44(61)52-31-28-38(48(65)68-8)53-41(59)24-19-25-42(60)67-7)29-32-57-46(63)34-21-18-20-33-39(56(5)6)27-26-35(43(33)34)47(57)64;1-4-5-6-7-8-9-10-18-35(51)45-25-12-11-17-31(44)39(55)48-32(40(56)46-26-23-33(43(59)60)47-36(52)19-14-20-37(53)54)24-27-50-41(57)29-16-13-15-28-34(49(2)3)22-21-30(38(28)29)42(50)58/h18,20-21,26-27,36-38H,9-17,19,22-25,28-32H2,1-8H3,(H,51,58)(H,52,61)(H,53,59)(H,54,62)(H,55,66);13,15-16,21-22,31-33H,4-12,14,17-20,23-27,44H2,1-3H3,(H,45,51)(H,46,56)(H,47,52)(H,48,55)(H,53,54)(H,59,60)/t36-,37+,38+;31-,32+,33+/m00/s1. The van der Waals surface area contributed by atoms with E-state index in [1.807, 2.05) is 50.1 Å². The van der Waals surface area contributed by atoms with Crippen molar-refractivity contribution in [3.8, 4) is 0 Å². The van der Waals surface area contributed by atoms with E-state index in [9.17, 15) is 86.6 Å². The van der Waals surface area contributed by atoms with E-state index in [4.69, 9.17) is 20.3 Å². The number of nitrogens with one attached hydrogen (secondary N) is 9.